The van der Waals surface area contributed by atoms with Crippen LogP contribution in [0.2, 0.25) is 0 Å². The number of carbonyl (C=O) groups excluding carboxylic acids is 3. The molecular formula is C24H37N3O7. The molecule has 0 radical (unpaired) electrons. The number of rotatable bonds is 2. The van der Waals surface area contributed by atoms with Crippen molar-refractivity contribution in [1.82, 2.24) is 5.43 Å². The van der Waals surface area contributed by atoms with Gasteiger partial charge in [-0.2, -0.15) is 0 Å². The third-order valence-corrected chi connectivity index (χ3v) is 9.99. The van der Waals surface area contributed by atoms with E-state index < -0.39 is 28.8 Å². The zero-order chi connectivity index (χ0) is 24.9. The van der Waals surface area contributed by atoms with E-state index >= 15 is 0 Å². The summed E-state index contributed by atoms with van der Waals surface area (Å²) in [5.41, 5.74) is 3.74. The molecule has 190 valence electrons. The molecule has 0 aromatic heterocycles. The molecule has 5 aliphatic rings. The van der Waals surface area contributed by atoms with E-state index in [4.69, 9.17) is 4.74 Å². The number of carbonyl (C=O) groups is 3. The molecule has 8 atom stereocenters. The monoisotopic (exact) mass is 479 g/mol. The average Bonchev–Trinajstić information content (AvgIpc) is 3.33. The molecule has 4 aliphatic carbocycles. The summed E-state index contributed by atoms with van der Waals surface area (Å²) in [5, 5.41) is 33.7. The SMILES string of the molecule is C[C@]12CC[C@H]3[C@@H](CC[C@]4(O)C[C@@H](O)CC[C@]34C=O)[C@@]1(O)CC[C@@H]2C1=CC(=O)OC1.NNC(N)=O. The average molecular weight is 480 g/mol. The van der Waals surface area contributed by atoms with E-state index in [1.54, 1.807) is 11.5 Å². The first-order chi connectivity index (χ1) is 16.0. The van der Waals surface area contributed by atoms with Crippen molar-refractivity contribution in [2.24, 2.45) is 40.2 Å². The van der Waals surface area contributed by atoms with Crippen LogP contribution in [0.25, 0.3) is 0 Å². The number of fused-ring (bicyclic) bond motifs is 5. The summed E-state index contributed by atoms with van der Waals surface area (Å²) in [5.74, 6) is 4.14. The third kappa shape index (κ3) is 3.49. The number of hydrazine groups is 1. The van der Waals surface area contributed by atoms with Crippen molar-refractivity contribution in [1.29, 1.82) is 0 Å². The lowest BCUT2D eigenvalue weighted by Gasteiger charge is -2.65. The van der Waals surface area contributed by atoms with Gasteiger partial charge in [-0.15, -0.1) is 0 Å². The van der Waals surface area contributed by atoms with Crippen molar-refractivity contribution < 1.29 is 34.4 Å². The molecule has 4 saturated carbocycles. The van der Waals surface area contributed by atoms with Crippen LogP contribution in [-0.4, -0.2) is 57.5 Å². The maximum atomic E-state index is 12.5. The number of esters is 1. The predicted octanol–water partition coefficient (Wildman–Crippen LogP) is 0.427. The zero-order valence-electron chi connectivity index (χ0n) is 19.7. The molecule has 0 saturated heterocycles. The van der Waals surface area contributed by atoms with E-state index in [1.165, 1.54) is 0 Å². The Morgan fingerprint density at radius 1 is 1.15 bits per heavy atom. The summed E-state index contributed by atoms with van der Waals surface area (Å²) < 4.78 is 5.15. The van der Waals surface area contributed by atoms with Gasteiger partial charge in [0.1, 0.15) is 12.9 Å². The van der Waals surface area contributed by atoms with Gasteiger partial charge in [0, 0.05) is 17.9 Å². The van der Waals surface area contributed by atoms with Crippen molar-refractivity contribution >= 4 is 18.3 Å². The second kappa shape index (κ2) is 8.58. The Hall–Kier alpha value is -2.01. The van der Waals surface area contributed by atoms with E-state index in [0.29, 0.717) is 38.7 Å². The highest BCUT2D eigenvalue weighted by Gasteiger charge is 2.71. The largest absolute Gasteiger partial charge is 0.458 e. The highest BCUT2D eigenvalue weighted by molar-refractivity contribution is 5.85. The fourth-order valence-electron chi connectivity index (χ4n) is 8.34. The van der Waals surface area contributed by atoms with Crippen LogP contribution in [0.5, 0.6) is 0 Å². The lowest BCUT2D eigenvalue weighted by molar-refractivity contribution is -0.248. The predicted molar refractivity (Wildman–Crippen MR) is 120 cm³/mol. The minimum Gasteiger partial charge on any atom is -0.458 e. The van der Waals surface area contributed by atoms with Gasteiger partial charge in [0.25, 0.3) is 0 Å². The van der Waals surface area contributed by atoms with Crippen LogP contribution in [-0.2, 0) is 14.3 Å². The summed E-state index contributed by atoms with van der Waals surface area (Å²) >= 11 is 0. The first-order valence-electron chi connectivity index (χ1n) is 12.2. The molecule has 10 heteroatoms. The van der Waals surface area contributed by atoms with Crippen molar-refractivity contribution in [3.63, 3.8) is 0 Å². The standard InChI is InChI=1S/C23H32O6.CH5N3O/c1-20-6-3-17-18(4-8-22(27)11-15(25)2-7-21(17,22)13-24)23(20,28)9-5-16(20)14-10-19(26)29-12-14;2-1(5)4-3/h10,13,15-18,25,27-28H,2-9,11-12H2,1H3;3H2,(H3,2,4,5)/t15-,16+,17-,18+,20+,21-,22-,23-;/m0./s1. The summed E-state index contributed by atoms with van der Waals surface area (Å²) in [6.07, 6.45) is 7.36. The van der Waals surface area contributed by atoms with Gasteiger partial charge in [-0.3, -0.25) is 5.43 Å². The smallest absolute Gasteiger partial charge is 0.331 e. The molecule has 4 fully saturated rings. The van der Waals surface area contributed by atoms with Gasteiger partial charge in [-0.25, -0.2) is 15.4 Å². The van der Waals surface area contributed by atoms with Gasteiger partial charge in [0.05, 0.1) is 22.7 Å². The first kappa shape index (κ1) is 25.1. The number of urea groups is 1. The number of aliphatic hydroxyl groups is 3. The van der Waals surface area contributed by atoms with E-state index in [9.17, 15) is 29.7 Å². The van der Waals surface area contributed by atoms with Crippen LogP contribution in [0.1, 0.15) is 64.7 Å². The number of hydrogen-bond donors (Lipinski definition) is 6. The zero-order valence-corrected chi connectivity index (χ0v) is 19.7. The van der Waals surface area contributed by atoms with Crippen LogP contribution in [0.15, 0.2) is 11.6 Å². The van der Waals surface area contributed by atoms with Gasteiger partial charge >= 0.3 is 12.0 Å². The quantitative estimate of drug-likeness (QED) is 0.108. The summed E-state index contributed by atoms with van der Waals surface area (Å²) in [4.78, 5) is 33.5. The Morgan fingerprint density at radius 3 is 2.41 bits per heavy atom. The lowest BCUT2D eigenvalue weighted by Crippen LogP contribution is -2.68. The van der Waals surface area contributed by atoms with E-state index in [-0.39, 0.29) is 35.6 Å². The fourth-order valence-corrected chi connectivity index (χ4v) is 8.34. The maximum Gasteiger partial charge on any atom is 0.331 e. The van der Waals surface area contributed by atoms with Crippen molar-refractivity contribution in [3.8, 4) is 0 Å². The molecule has 0 spiro atoms. The molecule has 0 aromatic rings. The lowest BCUT2D eigenvalue weighted by atomic mass is 9.41. The number of ether oxygens (including phenoxy) is 1. The van der Waals surface area contributed by atoms with Crippen LogP contribution in [0.3, 0.4) is 0 Å². The van der Waals surface area contributed by atoms with E-state index in [2.05, 4.69) is 18.5 Å². The number of nitrogens with two attached hydrogens (primary N) is 2. The molecule has 0 unspecified atom stereocenters. The summed E-state index contributed by atoms with van der Waals surface area (Å²) in [6, 6.07) is -0.718. The van der Waals surface area contributed by atoms with Gasteiger partial charge < -0.3 is 30.6 Å². The number of primary amides is 1. The molecule has 0 bridgehead atoms. The van der Waals surface area contributed by atoms with E-state index in [0.717, 1.165) is 31.1 Å². The molecule has 8 N–H and O–H groups in total. The van der Waals surface area contributed by atoms with Gasteiger partial charge in [0.15, 0.2) is 0 Å². The number of nitrogens with one attached hydrogen (secondary N) is 1. The van der Waals surface area contributed by atoms with Crippen molar-refractivity contribution in [3.05, 3.63) is 11.6 Å². The summed E-state index contributed by atoms with van der Waals surface area (Å²) in [7, 11) is 0. The number of aldehydes is 1. The van der Waals surface area contributed by atoms with Gasteiger partial charge in [0.2, 0.25) is 0 Å². The Bertz CT molecular complexity index is 896. The molecular weight excluding hydrogens is 442 g/mol. The van der Waals surface area contributed by atoms with Crippen LogP contribution >= 0.6 is 0 Å². The molecule has 10 nitrogen and oxygen atoms in total. The summed E-state index contributed by atoms with van der Waals surface area (Å²) in [6.45, 7) is 2.46. The third-order valence-electron chi connectivity index (χ3n) is 9.99. The van der Waals surface area contributed by atoms with Crippen LogP contribution in [0, 0.1) is 28.6 Å². The Morgan fingerprint density at radius 2 is 1.82 bits per heavy atom. The Balaban J connectivity index is 0.000000499. The second-order valence-corrected chi connectivity index (χ2v) is 11.1. The van der Waals surface area contributed by atoms with Gasteiger partial charge in [-0.05, 0) is 74.7 Å². The fraction of sp³-hybridized carbons (Fsp3) is 0.792. The Kier molecular flexibility index (Phi) is 6.33. The van der Waals surface area contributed by atoms with Crippen molar-refractivity contribution in [2.45, 2.75) is 82.0 Å². The number of hydrogen-bond acceptors (Lipinski definition) is 8. The number of cyclic esters (lactones) is 1. The normalized spacial score (nSPS) is 47.1. The van der Waals surface area contributed by atoms with Gasteiger partial charge in [-0.1, -0.05) is 6.92 Å². The molecule has 2 amide bonds. The molecule has 34 heavy (non-hydrogen) atoms. The Labute approximate surface area is 199 Å². The topological polar surface area (TPSA) is 185 Å². The minimum atomic E-state index is -1.18. The minimum absolute atomic E-state index is 0.0504. The number of amides is 2. The van der Waals surface area contributed by atoms with Crippen LogP contribution < -0.4 is 17.0 Å². The second-order valence-electron chi connectivity index (χ2n) is 11.1. The van der Waals surface area contributed by atoms with Crippen molar-refractivity contribution in [2.75, 3.05) is 6.61 Å². The van der Waals surface area contributed by atoms with E-state index in [1.807, 2.05) is 0 Å². The first-order valence-corrected chi connectivity index (χ1v) is 12.2. The molecule has 5 rings (SSSR count). The van der Waals surface area contributed by atoms with Crippen LogP contribution in [0.4, 0.5) is 4.79 Å². The molecule has 0 aromatic carbocycles. The highest BCUT2D eigenvalue weighted by Crippen LogP contribution is 2.70. The molecule has 1 aliphatic heterocycles. The molecule has 1 heterocycles. The maximum absolute atomic E-state index is 12.5. The number of aliphatic hydroxyl groups excluding tert-OH is 1. The highest BCUT2D eigenvalue weighted by atomic mass is 16.5.